The van der Waals surface area contributed by atoms with E-state index in [1.54, 1.807) is 31.2 Å². The van der Waals surface area contributed by atoms with Crippen molar-refractivity contribution in [1.82, 2.24) is 4.98 Å². The van der Waals surface area contributed by atoms with Gasteiger partial charge >= 0.3 is 5.30 Å². The number of thiazole rings is 1. The van der Waals surface area contributed by atoms with Crippen molar-refractivity contribution in [2.24, 2.45) is 0 Å². The summed E-state index contributed by atoms with van der Waals surface area (Å²) in [5.74, 6) is 0.193. The van der Waals surface area contributed by atoms with Gasteiger partial charge in [0.25, 0.3) is 5.01 Å². The van der Waals surface area contributed by atoms with E-state index in [1.807, 2.05) is 12.3 Å². The maximum absolute atomic E-state index is 11.9. The minimum Gasteiger partial charge on any atom is -0.508 e. The summed E-state index contributed by atoms with van der Waals surface area (Å²) >= 11 is 0. The fourth-order valence-corrected chi connectivity index (χ4v) is 3.20. The zero-order valence-electron chi connectivity index (χ0n) is 10.2. The molecule has 0 bridgehead atoms. The third-order valence-corrected chi connectivity index (χ3v) is 4.13. The van der Waals surface area contributed by atoms with Gasteiger partial charge in [0.2, 0.25) is 0 Å². The van der Waals surface area contributed by atoms with Crippen molar-refractivity contribution in [3.8, 4) is 16.3 Å². The number of phenols is 1. The number of hydrogen-bond donors (Lipinski definition) is 1. The molecular formula is C13H14NO3S+. The van der Waals surface area contributed by atoms with Crippen molar-refractivity contribution in [2.45, 2.75) is 13.8 Å². The van der Waals surface area contributed by atoms with Crippen LogP contribution in [0.1, 0.15) is 12.6 Å². The second-order valence-corrected chi connectivity index (χ2v) is 5.38. The molecule has 0 amide bonds. The number of ether oxygens (including phenoxy) is 1. The molecule has 0 fully saturated rings. The number of rotatable bonds is 3. The number of aromatic nitrogens is 1. The summed E-state index contributed by atoms with van der Waals surface area (Å²) in [7, 11) is -0.752. The highest BCUT2D eigenvalue weighted by Crippen LogP contribution is 2.35. The molecule has 0 radical (unpaired) electrons. The van der Waals surface area contributed by atoms with Crippen LogP contribution >= 0.6 is 10.5 Å². The molecule has 0 saturated carbocycles. The van der Waals surface area contributed by atoms with Gasteiger partial charge in [-0.3, -0.25) is 0 Å². The summed E-state index contributed by atoms with van der Waals surface area (Å²) in [5, 5.41) is 11.5. The predicted octanol–water partition coefficient (Wildman–Crippen LogP) is 3.52. The van der Waals surface area contributed by atoms with Crippen LogP contribution in [0.2, 0.25) is 0 Å². The lowest BCUT2D eigenvalue weighted by Crippen LogP contribution is -1.97. The highest BCUT2D eigenvalue weighted by atomic mass is 32.2. The van der Waals surface area contributed by atoms with Crippen molar-refractivity contribution in [3.63, 3.8) is 0 Å². The molecule has 1 aromatic carbocycles. The van der Waals surface area contributed by atoms with Crippen LogP contribution < -0.4 is 0 Å². The Bertz CT molecular complexity index is 560. The van der Waals surface area contributed by atoms with E-state index in [4.69, 9.17) is 4.74 Å². The Morgan fingerprint density at radius 2 is 2.06 bits per heavy atom. The summed E-state index contributed by atoms with van der Waals surface area (Å²) in [4.78, 5) is 16.2. The minimum absolute atomic E-state index is 0.193. The van der Waals surface area contributed by atoms with Crippen LogP contribution in [0.25, 0.3) is 10.6 Å². The number of phenolic OH excluding ortho intramolecular Hbond substituents is 1. The smallest absolute Gasteiger partial charge is 0.508 e. The van der Waals surface area contributed by atoms with E-state index < -0.39 is 10.5 Å². The van der Waals surface area contributed by atoms with Crippen molar-refractivity contribution < 1.29 is 14.6 Å². The van der Waals surface area contributed by atoms with Crippen molar-refractivity contribution in [2.75, 3.05) is 6.61 Å². The topological polar surface area (TPSA) is 59.4 Å². The Balaban J connectivity index is 2.44. The minimum atomic E-state index is -0.752. The number of aryl methyl sites for hydroxylation is 1. The van der Waals surface area contributed by atoms with Crippen LogP contribution in [-0.4, -0.2) is 22.0 Å². The van der Waals surface area contributed by atoms with Gasteiger partial charge in [-0.1, -0.05) is 0 Å². The lowest BCUT2D eigenvalue weighted by Gasteiger charge is -1.96. The first-order valence-electron chi connectivity index (χ1n) is 5.58. The van der Waals surface area contributed by atoms with Crippen LogP contribution in [0.15, 0.2) is 29.6 Å². The molecule has 1 unspecified atom stereocenters. The summed E-state index contributed by atoms with van der Waals surface area (Å²) in [6, 6.07) is 6.66. The molecule has 18 heavy (non-hydrogen) atoms. The van der Waals surface area contributed by atoms with E-state index in [1.165, 1.54) is 0 Å². The summed E-state index contributed by atoms with van der Waals surface area (Å²) < 4.78 is 5.05. The van der Waals surface area contributed by atoms with Gasteiger partial charge in [0.15, 0.2) is 5.38 Å². The largest absolute Gasteiger partial charge is 0.556 e. The molecule has 94 valence electrons. The van der Waals surface area contributed by atoms with Gasteiger partial charge in [-0.05, 0) is 38.1 Å². The number of carbonyl (C=O) groups is 1. The molecule has 1 aromatic heterocycles. The van der Waals surface area contributed by atoms with E-state index in [0.29, 0.717) is 11.6 Å². The van der Waals surface area contributed by atoms with Crippen LogP contribution in [0.4, 0.5) is 4.79 Å². The zero-order valence-corrected chi connectivity index (χ0v) is 11.0. The quantitative estimate of drug-likeness (QED) is 0.680. The Hall–Kier alpha value is -1.88. The third-order valence-electron chi connectivity index (χ3n) is 2.33. The molecule has 1 N–H and O–H groups in total. The number of aromatic hydroxyl groups is 1. The summed E-state index contributed by atoms with van der Waals surface area (Å²) in [5.41, 5.74) is 1.65. The summed E-state index contributed by atoms with van der Waals surface area (Å²) in [6.45, 7) is 4.00. The number of nitrogens with zero attached hydrogens (tertiary/aromatic N) is 1. The number of benzene rings is 1. The van der Waals surface area contributed by atoms with Crippen LogP contribution in [0.5, 0.6) is 5.75 Å². The number of hydrogen-bond acceptors (Lipinski definition) is 4. The van der Waals surface area contributed by atoms with Gasteiger partial charge in [0.1, 0.15) is 16.2 Å². The van der Waals surface area contributed by atoms with Crippen molar-refractivity contribution >= 4 is 15.8 Å². The average Bonchev–Trinajstić information content (AvgIpc) is 2.73. The maximum Gasteiger partial charge on any atom is 0.556 e. The Morgan fingerprint density at radius 1 is 1.39 bits per heavy atom. The molecule has 4 nitrogen and oxygen atoms in total. The fraction of sp³-hybridized carbons (Fsp3) is 0.231. The van der Waals surface area contributed by atoms with Crippen molar-refractivity contribution in [1.29, 1.82) is 0 Å². The van der Waals surface area contributed by atoms with Crippen LogP contribution in [0, 0.1) is 6.92 Å². The van der Waals surface area contributed by atoms with Crippen LogP contribution in [0.3, 0.4) is 0 Å². The monoisotopic (exact) mass is 264 g/mol. The van der Waals surface area contributed by atoms with E-state index in [2.05, 4.69) is 4.98 Å². The fourth-order valence-electron chi connectivity index (χ4n) is 1.57. The molecule has 2 rings (SSSR count). The first kappa shape index (κ1) is 12.6. The molecule has 2 aromatic rings. The summed E-state index contributed by atoms with van der Waals surface area (Å²) in [6.07, 6.45) is 0. The Kier molecular flexibility index (Phi) is 3.62. The molecule has 1 atom stereocenters. The van der Waals surface area contributed by atoms with Gasteiger partial charge in [-0.2, -0.15) is 9.78 Å². The second kappa shape index (κ2) is 5.18. The third kappa shape index (κ3) is 2.51. The van der Waals surface area contributed by atoms with Crippen LogP contribution in [-0.2, 0) is 4.74 Å². The van der Waals surface area contributed by atoms with E-state index in [-0.39, 0.29) is 11.1 Å². The lowest BCUT2D eigenvalue weighted by molar-refractivity contribution is 0.180. The van der Waals surface area contributed by atoms with Gasteiger partial charge in [-0.15, -0.1) is 0 Å². The Labute approximate surface area is 108 Å². The standard InChI is InChI=1S/C13H13NO3S/c1-3-17-13(16)18-8-9(2)14-12(18)10-4-6-11(15)7-5-10/h4-8H,3H2,1-2H3/p+1. The molecule has 0 aliphatic rings. The van der Waals surface area contributed by atoms with Gasteiger partial charge < -0.3 is 9.84 Å². The number of carbonyl (C=O) groups excluding carboxylic acids is 1. The lowest BCUT2D eigenvalue weighted by atomic mass is 10.2. The highest BCUT2D eigenvalue weighted by Gasteiger charge is 2.28. The van der Waals surface area contributed by atoms with E-state index in [0.717, 1.165) is 11.3 Å². The Morgan fingerprint density at radius 3 is 2.67 bits per heavy atom. The molecule has 0 aliphatic carbocycles. The molecular weight excluding hydrogens is 250 g/mol. The first-order valence-corrected chi connectivity index (χ1v) is 6.87. The first-order chi connectivity index (χ1) is 8.61. The maximum atomic E-state index is 11.9. The normalized spacial score (nSPS) is 11.3. The molecule has 0 saturated heterocycles. The second-order valence-electron chi connectivity index (χ2n) is 3.74. The predicted molar refractivity (Wildman–Crippen MR) is 71.0 cm³/mol. The van der Waals surface area contributed by atoms with Crippen molar-refractivity contribution in [3.05, 3.63) is 35.3 Å². The molecule has 5 heteroatoms. The zero-order chi connectivity index (χ0) is 13.1. The highest BCUT2D eigenvalue weighted by molar-refractivity contribution is 7.51. The van der Waals surface area contributed by atoms with Gasteiger partial charge in [0, 0.05) is 0 Å². The molecule has 0 aliphatic heterocycles. The van der Waals surface area contributed by atoms with Gasteiger partial charge in [0.05, 0.1) is 17.9 Å². The SMILES string of the molecule is CCOC(=O)[s+]1cc(C)nc1-c1ccc(O)cc1. The van der Waals surface area contributed by atoms with Gasteiger partial charge in [-0.25, -0.2) is 0 Å². The van der Waals surface area contributed by atoms with E-state index in [9.17, 15) is 9.90 Å². The average molecular weight is 264 g/mol. The molecule has 0 spiro atoms. The van der Waals surface area contributed by atoms with E-state index >= 15 is 0 Å². The molecule has 1 heterocycles.